The fourth-order valence-electron chi connectivity index (χ4n) is 2.08. The number of rotatable bonds is 4. The Bertz CT molecular complexity index is 923. The van der Waals surface area contributed by atoms with Gasteiger partial charge in [-0.05, 0) is 12.1 Å². The molecule has 25 heavy (non-hydrogen) atoms. The lowest BCUT2D eigenvalue weighted by atomic mass is 10.1. The molecule has 3 rings (SSSR count). The Balaban J connectivity index is 1.98. The Hall–Kier alpha value is -3.75. The second-order valence-electron chi connectivity index (χ2n) is 4.78. The summed E-state index contributed by atoms with van der Waals surface area (Å²) >= 11 is 0. The minimum Gasteiger partial charge on any atom is -0.437 e. The third-order valence-electron chi connectivity index (χ3n) is 3.22. The van der Waals surface area contributed by atoms with Crippen LogP contribution >= 0.6 is 0 Å². The van der Waals surface area contributed by atoms with Gasteiger partial charge in [0.1, 0.15) is 11.3 Å². The molecule has 0 unspecified atom stereocenters. The van der Waals surface area contributed by atoms with E-state index in [1.165, 1.54) is 12.1 Å². The summed E-state index contributed by atoms with van der Waals surface area (Å²) in [4.78, 5) is 26.0. The standard InChI is InChI=1S/C16H11N3O6/c1-23-16(20)24-11-7-8-12(13(9-11)19(21)22)15-17-14(18-25-15)10-5-3-2-4-6-10/h2-9H,1H3. The fraction of sp³-hybridized carbons (Fsp3) is 0.0625. The van der Waals surface area contributed by atoms with Crippen LogP contribution in [0.4, 0.5) is 10.5 Å². The smallest absolute Gasteiger partial charge is 0.437 e. The number of aromatic nitrogens is 2. The highest BCUT2D eigenvalue weighted by molar-refractivity contribution is 5.71. The molecule has 126 valence electrons. The molecule has 2 aromatic carbocycles. The van der Waals surface area contributed by atoms with Gasteiger partial charge in [-0.25, -0.2) is 4.79 Å². The molecule has 0 saturated carbocycles. The predicted octanol–water partition coefficient (Wildman–Crippen LogP) is 3.46. The van der Waals surface area contributed by atoms with Crippen molar-refractivity contribution in [1.82, 2.24) is 10.1 Å². The van der Waals surface area contributed by atoms with Gasteiger partial charge >= 0.3 is 6.16 Å². The molecule has 0 aliphatic carbocycles. The zero-order chi connectivity index (χ0) is 17.8. The molecule has 0 aliphatic heterocycles. The largest absolute Gasteiger partial charge is 0.513 e. The molecule has 0 atom stereocenters. The minimum absolute atomic E-state index is 0.0184. The molecule has 0 saturated heterocycles. The zero-order valence-corrected chi connectivity index (χ0v) is 12.9. The van der Waals surface area contributed by atoms with E-state index >= 15 is 0 Å². The van der Waals surface area contributed by atoms with Gasteiger partial charge in [0.25, 0.3) is 11.6 Å². The van der Waals surface area contributed by atoms with Gasteiger partial charge in [-0.2, -0.15) is 4.98 Å². The summed E-state index contributed by atoms with van der Waals surface area (Å²) in [5.41, 5.74) is 0.479. The number of nitrogens with zero attached hydrogens (tertiary/aromatic N) is 3. The monoisotopic (exact) mass is 341 g/mol. The number of carbonyl (C=O) groups is 1. The lowest BCUT2D eigenvalue weighted by molar-refractivity contribution is -0.384. The first-order valence-corrected chi connectivity index (χ1v) is 7.02. The quantitative estimate of drug-likeness (QED) is 0.306. The van der Waals surface area contributed by atoms with Crippen LogP contribution < -0.4 is 4.74 Å². The Morgan fingerprint density at radius 3 is 2.64 bits per heavy atom. The SMILES string of the molecule is COC(=O)Oc1ccc(-c2nc(-c3ccccc3)no2)c([N+](=O)[O-])c1. The molecule has 0 amide bonds. The van der Waals surface area contributed by atoms with Gasteiger partial charge in [0.2, 0.25) is 5.82 Å². The van der Waals surface area contributed by atoms with Gasteiger partial charge in [-0.15, -0.1) is 0 Å². The average Bonchev–Trinajstić information content (AvgIpc) is 3.12. The van der Waals surface area contributed by atoms with Crippen LogP contribution in [0.5, 0.6) is 5.75 Å². The number of carbonyl (C=O) groups excluding carboxylic acids is 1. The third kappa shape index (κ3) is 3.44. The topological polar surface area (TPSA) is 118 Å². The lowest BCUT2D eigenvalue weighted by Gasteiger charge is -2.03. The van der Waals surface area contributed by atoms with E-state index in [2.05, 4.69) is 14.9 Å². The first-order valence-electron chi connectivity index (χ1n) is 7.02. The molecule has 1 heterocycles. The molecule has 0 aliphatic rings. The van der Waals surface area contributed by atoms with Crippen LogP contribution in [0.25, 0.3) is 22.8 Å². The normalized spacial score (nSPS) is 10.3. The molecular formula is C16H11N3O6. The number of hydrogen-bond donors (Lipinski definition) is 0. The van der Waals surface area contributed by atoms with Crippen molar-refractivity contribution in [3.8, 4) is 28.6 Å². The number of methoxy groups -OCH3 is 1. The van der Waals surface area contributed by atoms with Crippen molar-refractivity contribution >= 4 is 11.8 Å². The average molecular weight is 341 g/mol. The summed E-state index contributed by atoms with van der Waals surface area (Å²) in [5.74, 6) is 0.250. The summed E-state index contributed by atoms with van der Waals surface area (Å²) < 4.78 is 14.3. The van der Waals surface area contributed by atoms with E-state index in [1.807, 2.05) is 18.2 Å². The number of hydrogen-bond acceptors (Lipinski definition) is 8. The molecule has 0 spiro atoms. The van der Waals surface area contributed by atoms with Crippen molar-refractivity contribution in [2.24, 2.45) is 0 Å². The van der Waals surface area contributed by atoms with E-state index in [0.717, 1.165) is 13.2 Å². The second-order valence-corrected chi connectivity index (χ2v) is 4.78. The Morgan fingerprint density at radius 1 is 1.20 bits per heavy atom. The molecule has 3 aromatic rings. The van der Waals surface area contributed by atoms with Crippen LogP contribution in [0.1, 0.15) is 0 Å². The fourth-order valence-corrected chi connectivity index (χ4v) is 2.08. The maximum atomic E-state index is 11.3. The molecule has 0 fully saturated rings. The second kappa shape index (κ2) is 6.79. The molecule has 0 bridgehead atoms. The van der Waals surface area contributed by atoms with Crippen LogP contribution in [0.2, 0.25) is 0 Å². The first kappa shape index (κ1) is 16.1. The van der Waals surface area contributed by atoms with Crippen LogP contribution in [0, 0.1) is 10.1 Å². The van der Waals surface area contributed by atoms with Gasteiger partial charge in [-0.3, -0.25) is 10.1 Å². The van der Waals surface area contributed by atoms with Crippen molar-refractivity contribution in [1.29, 1.82) is 0 Å². The van der Waals surface area contributed by atoms with Gasteiger partial charge in [0, 0.05) is 5.56 Å². The van der Waals surface area contributed by atoms with Crippen molar-refractivity contribution in [3.05, 3.63) is 58.6 Å². The van der Waals surface area contributed by atoms with Crippen molar-refractivity contribution in [2.45, 2.75) is 0 Å². The summed E-state index contributed by atoms with van der Waals surface area (Å²) in [6.45, 7) is 0. The first-order chi connectivity index (χ1) is 12.1. The van der Waals surface area contributed by atoms with Crippen LogP contribution in [-0.4, -0.2) is 28.3 Å². The van der Waals surface area contributed by atoms with E-state index in [-0.39, 0.29) is 22.9 Å². The van der Waals surface area contributed by atoms with Crippen LogP contribution in [-0.2, 0) is 4.74 Å². The zero-order valence-electron chi connectivity index (χ0n) is 12.9. The van der Waals surface area contributed by atoms with E-state index in [1.54, 1.807) is 12.1 Å². The van der Waals surface area contributed by atoms with E-state index in [0.29, 0.717) is 11.4 Å². The molecule has 0 N–H and O–H groups in total. The van der Waals surface area contributed by atoms with Gasteiger partial charge in [0.05, 0.1) is 18.1 Å². The van der Waals surface area contributed by atoms with Crippen LogP contribution in [0.3, 0.4) is 0 Å². The maximum absolute atomic E-state index is 11.3. The molecule has 1 aromatic heterocycles. The lowest BCUT2D eigenvalue weighted by Crippen LogP contribution is -2.07. The molecule has 9 nitrogen and oxygen atoms in total. The molecule has 9 heteroatoms. The molecule has 0 radical (unpaired) electrons. The Morgan fingerprint density at radius 2 is 1.96 bits per heavy atom. The summed E-state index contributed by atoms with van der Waals surface area (Å²) in [7, 11) is 1.13. The minimum atomic E-state index is -0.980. The number of nitro groups is 1. The van der Waals surface area contributed by atoms with E-state index < -0.39 is 11.1 Å². The number of nitro benzene ring substituents is 1. The van der Waals surface area contributed by atoms with Crippen molar-refractivity contribution in [2.75, 3.05) is 7.11 Å². The van der Waals surface area contributed by atoms with Gasteiger partial charge < -0.3 is 14.0 Å². The molecular weight excluding hydrogens is 330 g/mol. The Labute approximate surface area is 141 Å². The van der Waals surface area contributed by atoms with E-state index in [9.17, 15) is 14.9 Å². The third-order valence-corrected chi connectivity index (χ3v) is 3.22. The number of ether oxygens (including phenoxy) is 2. The van der Waals surface area contributed by atoms with Crippen molar-refractivity contribution in [3.63, 3.8) is 0 Å². The van der Waals surface area contributed by atoms with E-state index in [4.69, 9.17) is 9.26 Å². The van der Waals surface area contributed by atoms with Crippen molar-refractivity contribution < 1.29 is 23.7 Å². The summed E-state index contributed by atoms with van der Waals surface area (Å²) in [6, 6.07) is 12.9. The highest BCUT2D eigenvalue weighted by Crippen LogP contribution is 2.33. The van der Waals surface area contributed by atoms with Crippen LogP contribution in [0.15, 0.2) is 53.1 Å². The highest BCUT2D eigenvalue weighted by atomic mass is 16.7. The predicted molar refractivity (Wildman–Crippen MR) is 84.9 cm³/mol. The summed E-state index contributed by atoms with van der Waals surface area (Å²) in [6.07, 6.45) is -0.980. The Kier molecular flexibility index (Phi) is 4.38. The summed E-state index contributed by atoms with van der Waals surface area (Å²) in [5, 5.41) is 15.2. The highest BCUT2D eigenvalue weighted by Gasteiger charge is 2.23. The number of benzene rings is 2. The van der Waals surface area contributed by atoms with Gasteiger partial charge in [-0.1, -0.05) is 35.5 Å². The maximum Gasteiger partial charge on any atom is 0.513 e. The van der Waals surface area contributed by atoms with Gasteiger partial charge in [0.15, 0.2) is 0 Å².